The zero-order chi connectivity index (χ0) is 11.6. The second-order valence-corrected chi connectivity index (χ2v) is 4.17. The summed E-state index contributed by atoms with van der Waals surface area (Å²) in [4.78, 5) is 27.2. The Morgan fingerprint density at radius 2 is 2.00 bits per heavy atom. The second-order valence-electron chi connectivity index (χ2n) is 4.17. The molecule has 0 bridgehead atoms. The fraction of sp³-hybridized carbons (Fsp3) is 0.417. The van der Waals surface area contributed by atoms with Gasteiger partial charge in [-0.3, -0.25) is 19.9 Å². The Morgan fingerprint density at radius 3 is 2.50 bits per heavy atom. The summed E-state index contributed by atoms with van der Waals surface area (Å²) in [5.41, 5.74) is 0.418. The van der Waals surface area contributed by atoms with Crippen LogP contribution >= 0.6 is 0 Å². The van der Waals surface area contributed by atoms with Crippen LogP contribution in [0, 0.1) is 0 Å². The van der Waals surface area contributed by atoms with Crippen LogP contribution in [0.2, 0.25) is 0 Å². The van der Waals surface area contributed by atoms with E-state index in [0.29, 0.717) is 12.8 Å². The lowest BCUT2D eigenvalue weighted by Crippen LogP contribution is -2.47. The molecule has 0 aliphatic carbocycles. The first-order chi connectivity index (χ1) is 7.66. The average Bonchev–Trinajstić information content (AvgIpc) is 2.29. The molecule has 0 radical (unpaired) electrons. The molecule has 0 atom stereocenters. The van der Waals surface area contributed by atoms with Crippen molar-refractivity contribution in [3.8, 4) is 0 Å². The Bertz CT molecular complexity index is 398. The molecule has 2 heterocycles. The fourth-order valence-corrected chi connectivity index (χ4v) is 2.21. The smallest absolute Gasteiger partial charge is 0.227 e. The van der Waals surface area contributed by atoms with Crippen molar-refractivity contribution >= 4 is 11.8 Å². The number of carbonyl (C=O) groups excluding carboxylic acids is 2. The van der Waals surface area contributed by atoms with Gasteiger partial charge in [0.25, 0.3) is 0 Å². The quantitative estimate of drug-likeness (QED) is 0.758. The number of rotatable bonds is 2. The fourth-order valence-electron chi connectivity index (χ4n) is 2.21. The van der Waals surface area contributed by atoms with Crippen LogP contribution in [-0.4, -0.2) is 16.8 Å². The summed E-state index contributed by atoms with van der Waals surface area (Å²) in [5.74, 6) is -0.410. The Kier molecular flexibility index (Phi) is 2.73. The second kappa shape index (κ2) is 4.04. The maximum atomic E-state index is 11.5. The standard InChI is InChI=1S/C12H14N2O2/c1-2-12(9-5-3-4-6-13-9)7-10(15)14-11(16)8-12/h3-6H,2,7-8H2,1H3,(H,14,15,16). The van der Waals surface area contributed by atoms with Crippen molar-refractivity contribution in [3.05, 3.63) is 30.1 Å². The third-order valence-corrected chi connectivity index (χ3v) is 3.16. The molecule has 16 heavy (non-hydrogen) atoms. The van der Waals surface area contributed by atoms with E-state index >= 15 is 0 Å². The van der Waals surface area contributed by atoms with Crippen molar-refractivity contribution in [1.82, 2.24) is 10.3 Å². The van der Waals surface area contributed by atoms with E-state index in [9.17, 15) is 9.59 Å². The van der Waals surface area contributed by atoms with Crippen molar-refractivity contribution < 1.29 is 9.59 Å². The van der Waals surface area contributed by atoms with Gasteiger partial charge in [-0.15, -0.1) is 0 Å². The molecule has 0 spiro atoms. The Morgan fingerprint density at radius 1 is 1.31 bits per heavy atom. The van der Waals surface area contributed by atoms with Crippen LogP contribution < -0.4 is 5.32 Å². The summed E-state index contributed by atoms with van der Waals surface area (Å²) in [6.45, 7) is 1.99. The van der Waals surface area contributed by atoms with E-state index < -0.39 is 5.41 Å². The molecular weight excluding hydrogens is 204 g/mol. The van der Waals surface area contributed by atoms with Gasteiger partial charge in [0.2, 0.25) is 11.8 Å². The number of aromatic nitrogens is 1. The number of nitrogens with zero attached hydrogens (tertiary/aromatic N) is 1. The highest BCUT2D eigenvalue weighted by atomic mass is 16.2. The number of pyridine rings is 1. The molecule has 1 aliphatic heterocycles. The molecule has 4 heteroatoms. The van der Waals surface area contributed by atoms with Crippen molar-refractivity contribution in [2.24, 2.45) is 0 Å². The normalized spacial score (nSPS) is 19.3. The first-order valence-corrected chi connectivity index (χ1v) is 5.40. The van der Waals surface area contributed by atoms with E-state index in [1.165, 1.54) is 0 Å². The molecule has 1 aliphatic rings. The molecule has 4 nitrogen and oxygen atoms in total. The maximum Gasteiger partial charge on any atom is 0.227 e. The van der Waals surface area contributed by atoms with Crippen LogP contribution in [0.4, 0.5) is 0 Å². The van der Waals surface area contributed by atoms with Crippen LogP contribution in [0.15, 0.2) is 24.4 Å². The number of hydrogen-bond acceptors (Lipinski definition) is 3. The van der Waals surface area contributed by atoms with E-state index in [4.69, 9.17) is 0 Å². The first kappa shape index (κ1) is 10.8. The maximum absolute atomic E-state index is 11.5. The summed E-state index contributed by atoms with van der Waals surface area (Å²) < 4.78 is 0. The molecule has 1 aromatic heterocycles. The molecule has 2 amide bonds. The molecule has 0 aromatic carbocycles. The van der Waals surface area contributed by atoms with Gasteiger partial charge in [-0.1, -0.05) is 13.0 Å². The minimum Gasteiger partial charge on any atom is -0.296 e. The molecule has 1 aromatic rings. The highest BCUT2D eigenvalue weighted by Crippen LogP contribution is 2.35. The highest BCUT2D eigenvalue weighted by Gasteiger charge is 2.40. The highest BCUT2D eigenvalue weighted by molar-refractivity contribution is 5.99. The van der Waals surface area contributed by atoms with Gasteiger partial charge < -0.3 is 0 Å². The molecule has 84 valence electrons. The SMILES string of the molecule is CCC1(c2ccccn2)CC(=O)NC(=O)C1. The summed E-state index contributed by atoms with van der Waals surface area (Å²) in [7, 11) is 0. The number of nitrogens with one attached hydrogen (secondary N) is 1. The molecule has 0 saturated carbocycles. The zero-order valence-electron chi connectivity index (χ0n) is 9.19. The summed E-state index contributed by atoms with van der Waals surface area (Å²) in [6, 6.07) is 5.60. The van der Waals surface area contributed by atoms with Crippen LogP contribution in [-0.2, 0) is 15.0 Å². The molecule has 1 fully saturated rings. The van der Waals surface area contributed by atoms with Gasteiger partial charge >= 0.3 is 0 Å². The van der Waals surface area contributed by atoms with Crippen molar-refractivity contribution in [3.63, 3.8) is 0 Å². The average molecular weight is 218 g/mol. The van der Waals surface area contributed by atoms with Gasteiger partial charge in [0.15, 0.2) is 0 Å². The predicted octanol–water partition coefficient (Wildman–Crippen LogP) is 1.17. The molecule has 0 unspecified atom stereocenters. The van der Waals surface area contributed by atoms with E-state index in [0.717, 1.165) is 12.1 Å². The number of amides is 2. The molecule has 1 N–H and O–H groups in total. The number of carbonyl (C=O) groups is 2. The summed E-state index contributed by atoms with van der Waals surface area (Å²) in [6.07, 6.45) is 3.12. The van der Waals surface area contributed by atoms with Gasteiger partial charge in [-0.2, -0.15) is 0 Å². The van der Waals surface area contributed by atoms with Gasteiger partial charge in [-0.05, 0) is 18.6 Å². The molecule has 2 rings (SSSR count). The Hall–Kier alpha value is -1.71. The Balaban J connectivity index is 2.39. The van der Waals surface area contributed by atoms with Crippen molar-refractivity contribution in [2.45, 2.75) is 31.6 Å². The third-order valence-electron chi connectivity index (χ3n) is 3.16. The van der Waals surface area contributed by atoms with Gasteiger partial charge in [0, 0.05) is 30.1 Å². The minimum absolute atomic E-state index is 0.205. The van der Waals surface area contributed by atoms with Gasteiger partial charge in [0.1, 0.15) is 0 Å². The first-order valence-electron chi connectivity index (χ1n) is 5.40. The van der Waals surface area contributed by atoms with Gasteiger partial charge in [0.05, 0.1) is 0 Å². The minimum atomic E-state index is -0.416. The van der Waals surface area contributed by atoms with E-state index in [1.54, 1.807) is 6.20 Å². The van der Waals surface area contributed by atoms with Crippen LogP contribution in [0.1, 0.15) is 31.9 Å². The lowest BCUT2D eigenvalue weighted by Gasteiger charge is -2.34. The number of imide groups is 1. The van der Waals surface area contributed by atoms with Crippen LogP contribution in [0.5, 0.6) is 0 Å². The van der Waals surface area contributed by atoms with Gasteiger partial charge in [-0.25, -0.2) is 0 Å². The largest absolute Gasteiger partial charge is 0.296 e. The number of hydrogen-bond donors (Lipinski definition) is 1. The monoisotopic (exact) mass is 218 g/mol. The van der Waals surface area contributed by atoms with E-state index in [2.05, 4.69) is 10.3 Å². The topological polar surface area (TPSA) is 59.1 Å². The zero-order valence-corrected chi connectivity index (χ0v) is 9.19. The summed E-state index contributed by atoms with van der Waals surface area (Å²) >= 11 is 0. The predicted molar refractivity (Wildman–Crippen MR) is 58.6 cm³/mol. The lowest BCUT2D eigenvalue weighted by atomic mass is 9.73. The summed E-state index contributed by atoms with van der Waals surface area (Å²) in [5, 5.41) is 2.33. The molecule has 1 saturated heterocycles. The van der Waals surface area contributed by atoms with E-state index in [-0.39, 0.29) is 11.8 Å². The van der Waals surface area contributed by atoms with Crippen molar-refractivity contribution in [1.29, 1.82) is 0 Å². The number of piperidine rings is 1. The van der Waals surface area contributed by atoms with Crippen LogP contribution in [0.3, 0.4) is 0 Å². The Labute approximate surface area is 94.1 Å². The third kappa shape index (κ3) is 1.83. The lowest BCUT2D eigenvalue weighted by molar-refractivity contribution is -0.135. The molecular formula is C12H14N2O2. The van der Waals surface area contributed by atoms with Crippen molar-refractivity contribution in [2.75, 3.05) is 0 Å². The van der Waals surface area contributed by atoms with E-state index in [1.807, 2.05) is 25.1 Å². The van der Waals surface area contributed by atoms with Crippen LogP contribution in [0.25, 0.3) is 0 Å².